The molecule has 7 nitrogen and oxygen atoms in total. The van der Waals surface area contributed by atoms with E-state index >= 15 is 0 Å². The number of anilines is 1. The van der Waals surface area contributed by atoms with Crippen LogP contribution in [0.2, 0.25) is 0 Å². The first-order valence-electron chi connectivity index (χ1n) is 8.89. The molecule has 0 spiro atoms. The highest BCUT2D eigenvalue weighted by molar-refractivity contribution is 7.99. The fourth-order valence-electron chi connectivity index (χ4n) is 3.09. The van der Waals surface area contributed by atoms with Crippen molar-refractivity contribution in [3.05, 3.63) is 34.2 Å². The minimum atomic E-state index is -0.219. The molecule has 0 aliphatic carbocycles. The number of carbonyl (C=O) groups is 1. The van der Waals surface area contributed by atoms with Crippen molar-refractivity contribution in [1.82, 2.24) is 14.8 Å². The van der Waals surface area contributed by atoms with Crippen LogP contribution in [0.1, 0.15) is 31.7 Å². The third-order valence-corrected chi connectivity index (χ3v) is 5.45. The first-order valence-corrected chi connectivity index (χ1v) is 9.88. The summed E-state index contributed by atoms with van der Waals surface area (Å²) in [5.74, 6) is 1.09. The number of rotatable bonds is 7. The first kappa shape index (κ1) is 18.6. The molecule has 1 aliphatic rings. The minimum Gasteiger partial charge on any atom is -0.497 e. The van der Waals surface area contributed by atoms with Gasteiger partial charge in [0.1, 0.15) is 5.75 Å². The van der Waals surface area contributed by atoms with E-state index in [0.29, 0.717) is 18.2 Å². The molecular weight excluding hydrogens is 352 g/mol. The predicted octanol–water partition coefficient (Wildman–Crippen LogP) is 2.45. The fraction of sp³-hybridized carbons (Fsp3) is 0.500. The topological polar surface area (TPSA) is 80.2 Å². The normalized spacial score (nSPS) is 13.5. The predicted molar refractivity (Wildman–Crippen MR) is 102 cm³/mol. The average molecular weight is 376 g/mol. The Bertz CT molecular complexity index is 830. The monoisotopic (exact) mass is 376 g/mol. The number of aryl methyl sites for hydroxylation is 1. The van der Waals surface area contributed by atoms with Crippen molar-refractivity contribution < 1.29 is 9.53 Å². The van der Waals surface area contributed by atoms with Gasteiger partial charge in [0.05, 0.1) is 12.9 Å². The number of carbonyl (C=O) groups excluding carboxylic acids is 1. The number of aromatic nitrogens is 3. The van der Waals surface area contributed by atoms with Crippen molar-refractivity contribution in [2.24, 2.45) is 0 Å². The average Bonchev–Trinajstić information content (AvgIpc) is 3.02. The maximum Gasteiger partial charge on any atom is 0.343 e. The van der Waals surface area contributed by atoms with Gasteiger partial charge in [-0.2, -0.15) is 0 Å². The van der Waals surface area contributed by atoms with Crippen LogP contribution in [0.5, 0.6) is 5.75 Å². The number of ether oxygens (including phenoxy) is 1. The van der Waals surface area contributed by atoms with E-state index in [9.17, 15) is 9.59 Å². The molecule has 2 aromatic rings. The van der Waals surface area contributed by atoms with E-state index in [0.717, 1.165) is 42.7 Å². The fourth-order valence-corrected chi connectivity index (χ4v) is 3.94. The highest BCUT2D eigenvalue weighted by atomic mass is 32.2. The molecule has 1 aromatic heterocycles. The second kappa shape index (κ2) is 8.44. The van der Waals surface area contributed by atoms with E-state index in [4.69, 9.17) is 4.74 Å². The van der Waals surface area contributed by atoms with Crippen LogP contribution in [0.4, 0.5) is 5.69 Å². The molecule has 0 saturated heterocycles. The second-order valence-electron chi connectivity index (χ2n) is 6.25. The number of aromatic amines is 1. The lowest BCUT2D eigenvalue weighted by Crippen LogP contribution is -2.36. The third kappa shape index (κ3) is 3.95. The molecular formula is C18H24N4O3S. The highest BCUT2D eigenvalue weighted by Crippen LogP contribution is 2.31. The summed E-state index contributed by atoms with van der Waals surface area (Å²) in [4.78, 5) is 26.4. The van der Waals surface area contributed by atoms with E-state index in [2.05, 4.69) is 17.1 Å². The van der Waals surface area contributed by atoms with Gasteiger partial charge < -0.3 is 9.64 Å². The molecule has 140 valence electrons. The Kier molecular flexibility index (Phi) is 6.03. The van der Waals surface area contributed by atoms with Gasteiger partial charge in [0.25, 0.3) is 0 Å². The molecule has 1 aliphatic heterocycles. The van der Waals surface area contributed by atoms with Gasteiger partial charge in [-0.25, -0.2) is 9.89 Å². The zero-order chi connectivity index (χ0) is 18.5. The number of fused-ring (bicyclic) bond motifs is 1. The van der Waals surface area contributed by atoms with Crippen molar-refractivity contribution in [1.29, 1.82) is 0 Å². The molecule has 8 heteroatoms. The molecule has 0 fully saturated rings. The standard InChI is InChI=1S/C18H24N4O3S/c1-3-4-9-22-17(24)19-20-18(22)26-12-16(23)21-10-5-6-13-11-14(25-2)7-8-15(13)21/h7-8,11H,3-6,9-10,12H2,1-2H3,(H,19,24). The summed E-state index contributed by atoms with van der Waals surface area (Å²) in [6, 6.07) is 5.83. The van der Waals surface area contributed by atoms with Gasteiger partial charge in [-0.3, -0.25) is 9.36 Å². The van der Waals surface area contributed by atoms with Crippen LogP contribution in [0, 0.1) is 0 Å². The van der Waals surface area contributed by atoms with Gasteiger partial charge in [0.2, 0.25) is 5.91 Å². The minimum absolute atomic E-state index is 0.0265. The van der Waals surface area contributed by atoms with Crippen LogP contribution in [-0.4, -0.2) is 40.1 Å². The molecule has 26 heavy (non-hydrogen) atoms. The Hall–Kier alpha value is -2.22. The first-order chi connectivity index (χ1) is 12.6. The molecule has 3 rings (SSSR count). The number of amides is 1. The summed E-state index contributed by atoms with van der Waals surface area (Å²) < 4.78 is 6.88. The Morgan fingerprint density at radius 1 is 1.42 bits per heavy atom. The van der Waals surface area contributed by atoms with Crippen molar-refractivity contribution in [3.63, 3.8) is 0 Å². The maximum atomic E-state index is 12.8. The summed E-state index contributed by atoms with van der Waals surface area (Å²) >= 11 is 1.31. The summed E-state index contributed by atoms with van der Waals surface area (Å²) in [5.41, 5.74) is 1.87. The van der Waals surface area contributed by atoms with Crippen LogP contribution < -0.4 is 15.3 Å². The lowest BCUT2D eigenvalue weighted by atomic mass is 10.0. The zero-order valence-electron chi connectivity index (χ0n) is 15.2. The van der Waals surface area contributed by atoms with Crippen LogP contribution in [-0.2, 0) is 17.8 Å². The van der Waals surface area contributed by atoms with Crippen molar-refractivity contribution in [2.75, 3.05) is 24.3 Å². The van der Waals surface area contributed by atoms with Gasteiger partial charge in [0, 0.05) is 18.8 Å². The second-order valence-corrected chi connectivity index (χ2v) is 7.19. The van der Waals surface area contributed by atoms with Crippen molar-refractivity contribution in [2.45, 2.75) is 44.3 Å². The van der Waals surface area contributed by atoms with E-state index < -0.39 is 0 Å². The van der Waals surface area contributed by atoms with Crippen LogP contribution in [0.25, 0.3) is 0 Å². The lowest BCUT2D eigenvalue weighted by molar-refractivity contribution is -0.116. The van der Waals surface area contributed by atoms with Gasteiger partial charge in [-0.05, 0) is 43.0 Å². The number of unbranched alkanes of at least 4 members (excludes halogenated alkanes) is 1. The molecule has 0 atom stereocenters. The number of hydrogen-bond acceptors (Lipinski definition) is 5. The molecule has 1 N–H and O–H groups in total. The third-order valence-electron chi connectivity index (χ3n) is 4.49. The molecule has 0 saturated carbocycles. The van der Waals surface area contributed by atoms with Crippen LogP contribution >= 0.6 is 11.8 Å². The summed E-state index contributed by atoms with van der Waals surface area (Å²) in [6.45, 7) is 3.40. The number of nitrogens with zero attached hydrogens (tertiary/aromatic N) is 3. The number of benzene rings is 1. The smallest absolute Gasteiger partial charge is 0.343 e. The Morgan fingerprint density at radius 2 is 2.27 bits per heavy atom. The number of methoxy groups -OCH3 is 1. The molecule has 0 radical (unpaired) electrons. The number of thioether (sulfide) groups is 1. The molecule has 0 unspecified atom stereocenters. The Balaban J connectivity index is 1.70. The van der Waals surface area contributed by atoms with Gasteiger partial charge in [0.15, 0.2) is 5.16 Å². The summed E-state index contributed by atoms with van der Waals surface area (Å²) in [6.07, 6.45) is 3.77. The molecule has 1 amide bonds. The number of H-pyrrole nitrogens is 1. The van der Waals surface area contributed by atoms with Crippen molar-refractivity contribution in [3.8, 4) is 5.75 Å². The van der Waals surface area contributed by atoms with Gasteiger partial charge in [-0.15, -0.1) is 5.10 Å². The summed E-state index contributed by atoms with van der Waals surface area (Å²) in [5, 5.41) is 7.10. The molecule has 2 heterocycles. The molecule has 0 bridgehead atoms. The van der Waals surface area contributed by atoms with Crippen LogP contribution in [0.3, 0.4) is 0 Å². The van der Waals surface area contributed by atoms with E-state index in [1.54, 1.807) is 11.7 Å². The Morgan fingerprint density at radius 3 is 3.04 bits per heavy atom. The zero-order valence-corrected chi connectivity index (χ0v) is 16.0. The van der Waals surface area contributed by atoms with E-state index in [1.165, 1.54) is 11.8 Å². The van der Waals surface area contributed by atoms with E-state index in [-0.39, 0.29) is 17.3 Å². The largest absolute Gasteiger partial charge is 0.497 e. The summed E-state index contributed by atoms with van der Waals surface area (Å²) in [7, 11) is 1.64. The van der Waals surface area contributed by atoms with E-state index in [1.807, 2.05) is 23.1 Å². The van der Waals surface area contributed by atoms with Crippen molar-refractivity contribution >= 4 is 23.4 Å². The molecule has 1 aromatic carbocycles. The lowest BCUT2D eigenvalue weighted by Gasteiger charge is -2.29. The van der Waals surface area contributed by atoms with Crippen LogP contribution in [0.15, 0.2) is 28.2 Å². The SMILES string of the molecule is CCCCn1c(SCC(=O)N2CCCc3cc(OC)ccc32)n[nH]c1=O. The number of nitrogens with one attached hydrogen (secondary N) is 1. The van der Waals surface area contributed by atoms with Gasteiger partial charge in [-0.1, -0.05) is 25.1 Å². The van der Waals surface area contributed by atoms with Gasteiger partial charge >= 0.3 is 5.69 Å². The Labute approximate surface area is 156 Å². The maximum absolute atomic E-state index is 12.8. The highest BCUT2D eigenvalue weighted by Gasteiger charge is 2.23. The quantitative estimate of drug-likeness (QED) is 0.751. The number of hydrogen-bond donors (Lipinski definition) is 1.